The molecule has 126 valence electrons. The van der Waals surface area contributed by atoms with Crippen LogP contribution in [0, 0.1) is 0 Å². The molecule has 1 aliphatic rings. The standard InChI is InChI=1S/C18H17N5O2/c24-18(14-5-1-3-12-4-2-8-20-16(12)14)21-11-15-22-17(23-25-15)13-6-9-19-10-7-13/h2,4,6-10,14H,1,3,5,11H2,(H,21,24)/t14-/m0/s1. The maximum atomic E-state index is 12.6. The van der Waals surface area contributed by atoms with Gasteiger partial charge in [-0.2, -0.15) is 4.98 Å². The minimum absolute atomic E-state index is 0.0525. The fourth-order valence-electron chi connectivity index (χ4n) is 3.10. The Balaban J connectivity index is 1.42. The van der Waals surface area contributed by atoms with Crippen LogP contribution in [0.15, 0.2) is 47.4 Å². The third kappa shape index (κ3) is 3.26. The van der Waals surface area contributed by atoms with Gasteiger partial charge in [-0.3, -0.25) is 14.8 Å². The van der Waals surface area contributed by atoms with Gasteiger partial charge in [0.1, 0.15) is 0 Å². The van der Waals surface area contributed by atoms with E-state index in [0.717, 1.165) is 36.1 Å². The van der Waals surface area contributed by atoms with Crippen molar-refractivity contribution in [2.45, 2.75) is 31.7 Å². The first kappa shape index (κ1) is 15.4. The zero-order valence-electron chi connectivity index (χ0n) is 13.6. The Bertz CT molecular complexity index is 878. The summed E-state index contributed by atoms with van der Waals surface area (Å²) in [5.74, 6) is 0.587. The van der Waals surface area contributed by atoms with Crippen LogP contribution in [0.4, 0.5) is 0 Å². The first-order chi connectivity index (χ1) is 12.3. The summed E-state index contributed by atoms with van der Waals surface area (Å²) >= 11 is 0. The Hall–Kier alpha value is -3.09. The van der Waals surface area contributed by atoms with E-state index in [1.807, 2.05) is 12.1 Å². The maximum Gasteiger partial charge on any atom is 0.246 e. The molecular formula is C18H17N5O2. The van der Waals surface area contributed by atoms with Crippen molar-refractivity contribution >= 4 is 5.91 Å². The van der Waals surface area contributed by atoms with Gasteiger partial charge in [0.25, 0.3) is 0 Å². The molecule has 3 heterocycles. The van der Waals surface area contributed by atoms with Gasteiger partial charge < -0.3 is 9.84 Å². The largest absolute Gasteiger partial charge is 0.346 e. The van der Waals surface area contributed by atoms with E-state index in [-0.39, 0.29) is 18.4 Å². The molecule has 4 rings (SSSR count). The average Bonchev–Trinajstić information content (AvgIpc) is 3.15. The number of aromatic nitrogens is 4. The van der Waals surface area contributed by atoms with E-state index >= 15 is 0 Å². The van der Waals surface area contributed by atoms with Gasteiger partial charge in [0.2, 0.25) is 17.6 Å². The highest BCUT2D eigenvalue weighted by Crippen LogP contribution is 2.29. The van der Waals surface area contributed by atoms with Crippen LogP contribution in [0.2, 0.25) is 0 Å². The van der Waals surface area contributed by atoms with Crippen LogP contribution in [0.25, 0.3) is 11.4 Å². The lowest BCUT2D eigenvalue weighted by atomic mass is 9.86. The Morgan fingerprint density at radius 3 is 3.00 bits per heavy atom. The van der Waals surface area contributed by atoms with E-state index in [2.05, 4.69) is 25.4 Å². The molecule has 1 amide bonds. The number of fused-ring (bicyclic) bond motifs is 1. The van der Waals surface area contributed by atoms with Gasteiger partial charge in [-0.15, -0.1) is 0 Å². The molecule has 0 aromatic carbocycles. The fourth-order valence-corrected chi connectivity index (χ4v) is 3.10. The number of pyridine rings is 2. The molecule has 0 aliphatic heterocycles. The molecule has 1 N–H and O–H groups in total. The first-order valence-corrected chi connectivity index (χ1v) is 8.26. The Morgan fingerprint density at radius 2 is 2.12 bits per heavy atom. The lowest BCUT2D eigenvalue weighted by Crippen LogP contribution is -2.31. The van der Waals surface area contributed by atoms with E-state index in [0.29, 0.717) is 11.7 Å². The van der Waals surface area contributed by atoms with E-state index in [1.165, 1.54) is 0 Å². The number of nitrogens with zero attached hydrogens (tertiary/aromatic N) is 4. The second-order valence-electron chi connectivity index (χ2n) is 5.96. The van der Waals surface area contributed by atoms with Crippen LogP contribution in [0.5, 0.6) is 0 Å². The molecule has 3 aromatic heterocycles. The van der Waals surface area contributed by atoms with Crippen molar-refractivity contribution in [1.29, 1.82) is 0 Å². The molecule has 0 saturated heterocycles. The predicted molar refractivity (Wildman–Crippen MR) is 89.3 cm³/mol. The van der Waals surface area contributed by atoms with Crippen LogP contribution in [0.1, 0.15) is 35.9 Å². The van der Waals surface area contributed by atoms with Crippen molar-refractivity contribution < 1.29 is 9.32 Å². The van der Waals surface area contributed by atoms with Gasteiger partial charge >= 0.3 is 0 Å². The van der Waals surface area contributed by atoms with Crippen molar-refractivity contribution in [2.24, 2.45) is 0 Å². The summed E-state index contributed by atoms with van der Waals surface area (Å²) in [6.07, 6.45) is 7.85. The van der Waals surface area contributed by atoms with Crippen LogP contribution in [-0.4, -0.2) is 26.0 Å². The van der Waals surface area contributed by atoms with E-state index < -0.39 is 0 Å². The second kappa shape index (κ2) is 6.80. The van der Waals surface area contributed by atoms with E-state index in [1.54, 1.807) is 30.7 Å². The molecule has 0 bridgehead atoms. The van der Waals surface area contributed by atoms with Crippen molar-refractivity contribution in [1.82, 2.24) is 25.4 Å². The van der Waals surface area contributed by atoms with Crippen molar-refractivity contribution in [3.8, 4) is 11.4 Å². The summed E-state index contributed by atoms with van der Waals surface area (Å²) in [6.45, 7) is 0.204. The molecule has 0 unspecified atom stereocenters. The number of amides is 1. The summed E-state index contributed by atoms with van der Waals surface area (Å²) in [5.41, 5.74) is 2.86. The smallest absolute Gasteiger partial charge is 0.246 e. The fraction of sp³-hybridized carbons (Fsp3) is 0.278. The predicted octanol–water partition coefficient (Wildman–Crippen LogP) is 2.26. The van der Waals surface area contributed by atoms with Crippen LogP contribution < -0.4 is 5.32 Å². The first-order valence-electron chi connectivity index (χ1n) is 8.26. The van der Waals surface area contributed by atoms with Crippen molar-refractivity contribution in [3.63, 3.8) is 0 Å². The molecule has 7 heteroatoms. The molecule has 1 aliphatic carbocycles. The number of hydrogen-bond acceptors (Lipinski definition) is 6. The highest BCUT2D eigenvalue weighted by molar-refractivity contribution is 5.83. The summed E-state index contributed by atoms with van der Waals surface area (Å²) in [4.78, 5) is 25.2. The van der Waals surface area contributed by atoms with Crippen LogP contribution in [0.3, 0.4) is 0 Å². The molecule has 3 aromatic rings. The molecule has 0 saturated carbocycles. The normalized spacial score (nSPS) is 16.2. The van der Waals surface area contributed by atoms with Crippen LogP contribution >= 0.6 is 0 Å². The Kier molecular flexibility index (Phi) is 4.20. The molecule has 1 atom stereocenters. The SMILES string of the molecule is O=C(NCc1nc(-c2ccncc2)no1)[C@H]1CCCc2cccnc21. The highest BCUT2D eigenvalue weighted by atomic mass is 16.5. The van der Waals surface area contributed by atoms with Crippen molar-refractivity contribution in [3.05, 3.63) is 60.0 Å². The van der Waals surface area contributed by atoms with Gasteiger partial charge in [-0.05, 0) is 43.0 Å². The quantitative estimate of drug-likeness (QED) is 0.786. The number of carbonyl (C=O) groups excluding carboxylic acids is 1. The number of nitrogens with one attached hydrogen (secondary N) is 1. The topological polar surface area (TPSA) is 93.8 Å². The minimum Gasteiger partial charge on any atom is -0.346 e. The van der Waals surface area contributed by atoms with Crippen molar-refractivity contribution in [2.75, 3.05) is 0 Å². The lowest BCUT2D eigenvalue weighted by Gasteiger charge is -2.23. The number of aryl methyl sites for hydroxylation is 1. The number of rotatable bonds is 4. The van der Waals surface area contributed by atoms with Gasteiger partial charge in [-0.1, -0.05) is 11.2 Å². The van der Waals surface area contributed by atoms with Gasteiger partial charge in [0.05, 0.1) is 18.2 Å². The molecule has 7 nitrogen and oxygen atoms in total. The Morgan fingerprint density at radius 1 is 1.24 bits per heavy atom. The zero-order valence-corrected chi connectivity index (χ0v) is 13.6. The van der Waals surface area contributed by atoms with E-state index in [4.69, 9.17) is 4.52 Å². The molecule has 0 fully saturated rings. The van der Waals surface area contributed by atoms with Gasteiger partial charge in [-0.25, -0.2) is 0 Å². The molecule has 25 heavy (non-hydrogen) atoms. The third-order valence-electron chi connectivity index (χ3n) is 4.33. The zero-order chi connectivity index (χ0) is 17.1. The highest BCUT2D eigenvalue weighted by Gasteiger charge is 2.27. The second-order valence-corrected chi connectivity index (χ2v) is 5.96. The molecule has 0 spiro atoms. The third-order valence-corrected chi connectivity index (χ3v) is 4.33. The number of carbonyl (C=O) groups is 1. The van der Waals surface area contributed by atoms with E-state index in [9.17, 15) is 4.79 Å². The maximum absolute atomic E-state index is 12.6. The lowest BCUT2D eigenvalue weighted by molar-refractivity contribution is -0.123. The van der Waals surface area contributed by atoms with Gasteiger partial charge in [0, 0.05) is 24.2 Å². The monoisotopic (exact) mass is 335 g/mol. The summed E-state index contributed by atoms with van der Waals surface area (Å²) in [6, 6.07) is 7.56. The van der Waals surface area contributed by atoms with Gasteiger partial charge in [0.15, 0.2) is 0 Å². The van der Waals surface area contributed by atoms with Crippen LogP contribution in [-0.2, 0) is 17.8 Å². The summed E-state index contributed by atoms with van der Waals surface area (Å²) in [7, 11) is 0. The number of hydrogen-bond donors (Lipinski definition) is 1. The minimum atomic E-state index is -0.215. The summed E-state index contributed by atoms with van der Waals surface area (Å²) < 4.78 is 5.21. The molecular weight excluding hydrogens is 318 g/mol. The average molecular weight is 335 g/mol. The molecule has 0 radical (unpaired) electrons. The summed E-state index contributed by atoms with van der Waals surface area (Å²) in [5, 5.41) is 6.82. The Labute approximate surface area is 144 Å².